The molecule has 1 aliphatic heterocycles. The largest absolute Gasteiger partial charge is 0.362 e. The van der Waals surface area contributed by atoms with Crippen LogP contribution in [0.2, 0.25) is 0 Å². The number of allylic oxidation sites excluding steroid dienone is 3. The minimum atomic E-state index is -0.00366. The van der Waals surface area contributed by atoms with Gasteiger partial charge < -0.3 is 5.32 Å². The molecule has 0 spiro atoms. The Labute approximate surface area is 130 Å². The van der Waals surface area contributed by atoms with Crippen molar-refractivity contribution in [3.8, 4) is 0 Å². The lowest BCUT2D eigenvalue weighted by Gasteiger charge is -2.27. The number of rotatable bonds is 2. The molecule has 0 amide bonds. The third-order valence-corrected chi connectivity index (χ3v) is 4.11. The van der Waals surface area contributed by atoms with Gasteiger partial charge in [-0.2, -0.15) is 0 Å². The summed E-state index contributed by atoms with van der Waals surface area (Å²) in [7, 11) is 0. The van der Waals surface area contributed by atoms with Crippen molar-refractivity contribution in [2.75, 3.05) is 4.90 Å². The third-order valence-electron chi connectivity index (χ3n) is 4.11. The summed E-state index contributed by atoms with van der Waals surface area (Å²) >= 11 is 0. The van der Waals surface area contributed by atoms with Gasteiger partial charge in [0.1, 0.15) is 12.0 Å². The summed E-state index contributed by atoms with van der Waals surface area (Å²) in [4.78, 5) is 11.3. The summed E-state index contributed by atoms with van der Waals surface area (Å²) in [5.41, 5.74) is 3.48. The molecule has 2 aromatic rings. The molecule has 1 aliphatic carbocycles. The molecule has 2 aliphatic rings. The fourth-order valence-electron chi connectivity index (χ4n) is 3.07. The van der Waals surface area contributed by atoms with Gasteiger partial charge in [-0.1, -0.05) is 25.1 Å². The van der Waals surface area contributed by atoms with Crippen molar-refractivity contribution in [2.24, 2.45) is 5.92 Å². The lowest BCUT2D eigenvalue weighted by Crippen LogP contribution is -2.30. The first kappa shape index (κ1) is 13.1. The first-order chi connectivity index (χ1) is 10.8. The van der Waals surface area contributed by atoms with Crippen molar-refractivity contribution in [1.29, 1.82) is 0 Å². The molecule has 0 aromatic carbocycles. The highest BCUT2D eigenvalue weighted by atomic mass is 15.4. The Morgan fingerprint density at radius 3 is 2.64 bits per heavy atom. The average Bonchev–Trinajstić information content (AvgIpc) is 2.95. The molecule has 0 fully saturated rings. The summed E-state index contributed by atoms with van der Waals surface area (Å²) in [6.45, 7) is 2.24. The standard InChI is InChI=1S/C18H18N4/c1-13-8-9-16-15(12-13)21-18(14-6-2-4-10-19-14)22(16)17-7-3-5-11-20-17/h2-11,13,18,21H,12H2,1H3. The van der Waals surface area contributed by atoms with Crippen LogP contribution in [-0.4, -0.2) is 9.97 Å². The number of hydrogen-bond acceptors (Lipinski definition) is 4. The number of nitrogens with one attached hydrogen (secondary N) is 1. The maximum absolute atomic E-state index is 4.54. The van der Waals surface area contributed by atoms with Gasteiger partial charge >= 0.3 is 0 Å². The van der Waals surface area contributed by atoms with E-state index in [1.165, 1.54) is 11.4 Å². The van der Waals surface area contributed by atoms with Crippen LogP contribution in [-0.2, 0) is 0 Å². The predicted molar refractivity (Wildman–Crippen MR) is 86.8 cm³/mol. The summed E-state index contributed by atoms with van der Waals surface area (Å²) in [5.74, 6) is 1.49. The highest BCUT2D eigenvalue weighted by Crippen LogP contribution is 2.38. The molecule has 0 radical (unpaired) electrons. The average molecular weight is 290 g/mol. The Kier molecular flexibility index (Phi) is 3.15. The van der Waals surface area contributed by atoms with E-state index in [-0.39, 0.29) is 6.17 Å². The molecule has 1 N–H and O–H groups in total. The van der Waals surface area contributed by atoms with Crippen LogP contribution in [0.4, 0.5) is 5.82 Å². The van der Waals surface area contributed by atoms with E-state index >= 15 is 0 Å². The quantitative estimate of drug-likeness (QED) is 0.920. The Balaban J connectivity index is 1.79. The van der Waals surface area contributed by atoms with E-state index in [2.05, 4.69) is 45.3 Å². The van der Waals surface area contributed by atoms with Crippen LogP contribution in [0, 0.1) is 5.92 Å². The molecular formula is C18H18N4. The highest BCUT2D eigenvalue weighted by molar-refractivity contribution is 5.57. The van der Waals surface area contributed by atoms with Crippen molar-refractivity contribution >= 4 is 5.82 Å². The molecule has 0 saturated heterocycles. The lowest BCUT2D eigenvalue weighted by molar-refractivity contribution is 0.591. The topological polar surface area (TPSA) is 41.1 Å². The number of nitrogens with zero attached hydrogens (tertiary/aromatic N) is 3. The molecule has 0 saturated carbocycles. The van der Waals surface area contributed by atoms with Crippen molar-refractivity contribution in [3.63, 3.8) is 0 Å². The minimum absolute atomic E-state index is 0.00366. The van der Waals surface area contributed by atoms with Crippen LogP contribution in [0.25, 0.3) is 0 Å². The van der Waals surface area contributed by atoms with Crippen LogP contribution in [0.1, 0.15) is 25.2 Å². The molecule has 3 heterocycles. The minimum Gasteiger partial charge on any atom is -0.362 e. The van der Waals surface area contributed by atoms with Gasteiger partial charge in [0.25, 0.3) is 0 Å². The zero-order valence-electron chi connectivity index (χ0n) is 12.5. The van der Waals surface area contributed by atoms with Crippen LogP contribution >= 0.6 is 0 Å². The molecule has 4 rings (SSSR count). The van der Waals surface area contributed by atoms with E-state index in [9.17, 15) is 0 Å². The van der Waals surface area contributed by atoms with Crippen LogP contribution in [0.3, 0.4) is 0 Å². The van der Waals surface area contributed by atoms with Gasteiger partial charge in [0, 0.05) is 18.1 Å². The smallest absolute Gasteiger partial charge is 0.148 e. The Morgan fingerprint density at radius 2 is 1.91 bits per heavy atom. The molecule has 4 nitrogen and oxygen atoms in total. The Hall–Kier alpha value is -2.62. The van der Waals surface area contributed by atoms with Crippen molar-refractivity contribution < 1.29 is 0 Å². The maximum atomic E-state index is 4.54. The van der Waals surface area contributed by atoms with Gasteiger partial charge in [0.05, 0.1) is 11.4 Å². The van der Waals surface area contributed by atoms with Gasteiger partial charge in [-0.3, -0.25) is 9.88 Å². The number of pyridine rings is 2. The van der Waals surface area contributed by atoms with Gasteiger partial charge in [0.2, 0.25) is 0 Å². The predicted octanol–water partition coefficient (Wildman–Crippen LogP) is 3.39. The van der Waals surface area contributed by atoms with E-state index < -0.39 is 0 Å². The van der Waals surface area contributed by atoms with E-state index in [0.29, 0.717) is 5.92 Å². The summed E-state index contributed by atoms with van der Waals surface area (Å²) in [6, 6.07) is 12.0. The highest BCUT2D eigenvalue weighted by Gasteiger charge is 2.35. The molecule has 22 heavy (non-hydrogen) atoms. The maximum Gasteiger partial charge on any atom is 0.148 e. The Morgan fingerprint density at radius 1 is 1.09 bits per heavy atom. The monoisotopic (exact) mass is 290 g/mol. The van der Waals surface area contributed by atoms with Crippen LogP contribution in [0.15, 0.2) is 72.3 Å². The SMILES string of the molecule is CC1C=CC2=C(C1)NC(c1ccccn1)N2c1ccccn1. The van der Waals surface area contributed by atoms with E-state index in [0.717, 1.165) is 17.9 Å². The third kappa shape index (κ3) is 2.17. The second-order valence-electron chi connectivity index (χ2n) is 5.76. The van der Waals surface area contributed by atoms with Gasteiger partial charge in [-0.25, -0.2) is 4.98 Å². The molecule has 4 heteroatoms. The van der Waals surface area contributed by atoms with Gasteiger partial charge in [-0.15, -0.1) is 0 Å². The zero-order chi connectivity index (χ0) is 14.9. The normalized spacial score (nSPS) is 23.4. The summed E-state index contributed by atoms with van der Waals surface area (Å²) in [6.07, 6.45) is 9.15. The van der Waals surface area contributed by atoms with E-state index in [1.807, 2.05) is 42.7 Å². The zero-order valence-corrected chi connectivity index (χ0v) is 12.5. The van der Waals surface area contributed by atoms with Crippen molar-refractivity contribution in [1.82, 2.24) is 15.3 Å². The first-order valence-corrected chi connectivity index (χ1v) is 7.62. The summed E-state index contributed by atoms with van der Waals surface area (Å²) < 4.78 is 0. The second kappa shape index (κ2) is 5.30. The molecule has 0 bridgehead atoms. The van der Waals surface area contributed by atoms with Crippen molar-refractivity contribution in [3.05, 3.63) is 78.0 Å². The first-order valence-electron chi connectivity index (χ1n) is 7.62. The molecule has 2 aromatic heterocycles. The number of aromatic nitrogens is 2. The second-order valence-corrected chi connectivity index (χ2v) is 5.76. The Bertz CT molecular complexity index is 721. The fraction of sp³-hybridized carbons (Fsp3) is 0.222. The van der Waals surface area contributed by atoms with Crippen LogP contribution < -0.4 is 10.2 Å². The van der Waals surface area contributed by atoms with E-state index in [1.54, 1.807) is 0 Å². The number of anilines is 1. The number of hydrogen-bond donors (Lipinski definition) is 1. The lowest BCUT2D eigenvalue weighted by atomic mass is 9.99. The molecule has 2 unspecified atom stereocenters. The fourth-order valence-corrected chi connectivity index (χ4v) is 3.07. The van der Waals surface area contributed by atoms with Gasteiger partial charge in [-0.05, 0) is 42.7 Å². The molecule has 110 valence electrons. The van der Waals surface area contributed by atoms with Crippen molar-refractivity contribution in [2.45, 2.75) is 19.5 Å². The molecule has 2 atom stereocenters. The van der Waals surface area contributed by atoms with Gasteiger partial charge in [0.15, 0.2) is 0 Å². The molecular weight excluding hydrogens is 272 g/mol. The van der Waals surface area contributed by atoms with Crippen LogP contribution in [0.5, 0.6) is 0 Å². The summed E-state index contributed by atoms with van der Waals surface area (Å²) in [5, 5.41) is 3.64. The van der Waals surface area contributed by atoms with E-state index in [4.69, 9.17) is 0 Å².